The number of aromatic nitrogens is 3. The van der Waals surface area contributed by atoms with Gasteiger partial charge in [0.25, 0.3) is 0 Å². The van der Waals surface area contributed by atoms with Crippen LogP contribution in [0.3, 0.4) is 0 Å². The predicted octanol–water partition coefficient (Wildman–Crippen LogP) is 3.77. The largest absolute Gasteiger partial charge is 0.335 e. The van der Waals surface area contributed by atoms with Gasteiger partial charge in [-0.05, 0) is 55.7 Å². The molecule has 1 amide bonds. The zero-order valence-electron chi connectivity index (χ0n) is 15.4. The molecule has 1 unspecified atom stereocenters. The van der Waals surface area contributed by atoms with E-state index in [2.05, 4.69) is 16.3 Å². The lowest BCUT2D eigenvalue weighted by Crippen LogP contribution is -2.40. The number of benzene rings is 2. The molecule has 1 atom stereocenters. The fourth-order valence-corrected chi connectivity index (χ4v) is 4.30. The quantitative estimate of drug-likeness (QED) is 0.520. The molecular formula is C20H20ClN5OS. The van der Waals surface area contributed by atoms with Crippen LogP contribution in [0, 0.1) is 0 Å². The van der Waals surface area contributed by atoms with Crippen LogP contribution in [0.15, 0.2) is 53.7 Å². The number of hydrogen-bond acceptors (Lipinski definition) is 5. The Labute approximate surface area is 172 Å². The summed E-state index contributed by atoms with van der Waals surface area (Å²) in [6.45, 7) is 2.60. The summed E-state index contributed by atoms with van der Waals surface area (Å²) in [4.78, 5) is 15.0. The van der Waals surface area contributed by atoms with Gasteiger partial charge in [0, 0.05) is 22.8 Å². The van der Waals surface area contributed by atoms with E-state index in [1.165, 1.54) is 22.0 Å². The van der Waals surface area contributed by atoms with Crippen molar-refractivity contribution >= 4 is 35.0 Å². The maximum atomic E-state index is 13.1. The lowest BCUT2D eigenvalue weighted by atomic mass is 10.0. The Kier molecular flexibility index (Phi) is 5.28. The number of fused-ring (bicyclic) bond motifs is 1. The molecular weight excluding hydrogens is 394 g/mol. The molecule has 4 rings (SSSR count). The summed E-state index contributed by atoms with van der Waals surface area (Å²) in [6, 6.07) is 15.3. The summed E-state index contributed by atoms with van der Waals surface area (Å²) in [5.41, 5.74) is 3.03. The molecule has 2 heterocycles. The van der Waals surface area contributed by atoms with Crippen LogP contribution < -0.4 is 10.7 Å². The van der Waals surface area contributed by atoms with Gasteiger partial charge in [-0.25, -0.2) is 4.68 Å². The van der Waals surface area contributed by atoms with Crippen LogP contribution in [0.1, 0.15) is 18.9 Å². The molecule has 0 spiro atoms. The lowest BCUT2D eigenvalue weighted by Gasteiger charge is -2.31. The Morgan fingerprint density at radius 1 is 1.18 bits per heavy atom. The Morgan fingerprint density at radius 3 is 2.71 bits per heavy atom. The normalized spacial score (nSPS) is 14.6. The van der Waals surface area contributed by atoms with Gasteiger partial charge in [-0.1, -0.05) is 41.6 Å². The average molecular weight is 414 g/mol. The SMILES string of the molecule is CC(Sc1nnc(-c2ccc(Cl)cc2)n1N)C(=O)N1CCCc2ccccc21. The lowest BCUT2D eigenvalue weighted by molar-refractivity contribution is -0.117. The highest BCUT2D eigenvalue weighted by Crippen LogP contribution is 2.31. The molecule has 2 aromatic carbocycles. The number of rotatable bonds is 4. The maximum absolute atomic E-state index is 13.1. The second kappa shape index (κ2) is 7.85. The highest BCUT2D eigenvalue weighted by atomic mass is 35.5. The molecule has 6 nitrogen and oxygen atoms in total. The third-order valence-corrected chi connectivity index (χ3v) is 6.07. The van der Waals surface area contributed by atoms with E-state index in [0.717, 1.165) is 30.6 Å². The molecule has 1 aliphatic heterocycles. The van der Waals surface area contributed by atoms with Crippen LogP contribution in [0.2, 0.25) is 5.02 Å². The number of nitrogens with zero attached hydrogens (tertiary/aromatic N) is 4. The van der Waals surface area contributed by atoms with Crippen molar-refractivity contribution in [2.75, 3.05) is 17.3 Å². The van der Waals surface area contributed by atoms with Crippen molar-refractivity contribution in [2.24, 2.45) is 0 Å². The molecule has 0 aliphatic carbocycles. The molecule has 0 radical (unpaired) electrons. The molecule has 0 saturated carbocycles. The Balaban J connectivity index is 1.52. The minimum Gasteiger partial charge on any atom is -0.335 e. The Morgan fingerprint density at radius 2 is 1.93 bits per heavy atom. The van der Waals surface area contributed by atoms with Crippen LogP contribution >= 0.6 is 23.4 Å². The molecule has 2 N–H and O–H groups in total. The number of nitrogens with two attached hydrogens (primary N) is 1. The Bertz CT molecular complexity index is 1000. The summed E-state index contributed by atoms with van der Waals surface area (Å²) < 4.78 is 1.42. The summed E-state index contributed by atoms with van der Waals surface area (Å²) in [5.74, 6) is 6.77. The van der Waals surface area contributed by atoms with E-state index in [1.54, 1.807) is 12.1 Å². The number of carbonyl (C=O) groups excluding carboxylic acids is 1. The second-order valence-corrected chi connectivity index (χ2v) is 8.41. The van der Waals surface area contributed by atoms with E-state index >= 15 is 0 Å². The van der Waals surface area contributed by atoms with Gasteiger partial charge in [-0.15, -0.1) is 10.2 Å². The molecule has 144 valence electrons. The number of para-hydroxylation sites is 1. The van der Waals surface area contributed by atoms with Gasteiger partial charge in [-0.3, -0.25) is 4.79 Å². The van der Waals surface area contributed by atoms with Gasteiger partial charge in [-0.2, -0.15) is 0 Å². The summed E-state index contributed by atoms with van der Waals surface area (Å²) in [6.07, 6.45) is 1.97. The molecule has 0 saturated heterocycles. The number of nitrogen functional groups attached to an aromatic ring is 1. The van der Waals surface area contributed by atoms with E-state index in [4.69, 9.17) is 17.4 Å². The zero-order valence-corrected chi connectivity index (χ0v) is 17.0. The molecule has 0 bridgehead atoms. The van der Waals surface area contributed by atoms with Gasteiger partial charge in [0.15, 0.2) is 5.82 Å². The number of anilines is 1. The maximum Gasteiger partial charge on any atom is 0.240 e. The Hall–Kier alpha value is -2.51. The predicted molar refractivity (Wildman–Crippen MR) is 113 cm³/mol. The van der Waals surface area contributed by atoms with Crippen LogP contribution in [0.5, 0.6) is 0 Å². The van der Waals surface area contributed by atoms with Crippen molar-refractivity contribution in [3.63, 3.8) is 0 Å². The third kappa shape index (κ3) is 3.59. The molecule has 8 heteroatoms. The molecule has 1 aromatic heterocycles. The first-order valence-corrected chi connectivity index (χ1v) is 10.3. The van der Waals surface area contributed by atoms with Crippen molar-refractivity contribution in [3.05, 3.63) is 59.1 Å². The van der Waals surface area contributed by atoms with Crippen LogP contribution in [-0.4, -0.2) is 32.6 Å². The van der Waals surface area contributed by atoms with E-state index in [1.807, 2.05) is 42.2 Å². The standard InChI is InChI=1S/C20H20ClN5OS/c1-13(19(27)25-12-4-6-14-5-2-3-7-17(14)25)28-20-24-23-18(26(20)22)15-8-10-16(21)11-9-15/h2-3,5,7-11,13H,4,6,12,22H2,1H3. The third-order valence-electron chi connectivity index (χ3n) is 4.77. The summed E-state index contributed by atoms with van der Waals surface area (Å²) in [5, 5.41) is 9.15. The van der Waals surface area contributed by atoms with Gasteiger partial charge in [0.2, 0.25) is 11.1 Å². The average Bonchev–Trinajstić information content (AvgIpc) is 3.08. The minimum absolute atomic E-state index is 0.0493. The first-order valence-electron chi connectivity index (χ1n) is 9.07. The van der Waals surface area contributed by atoms with Crippen molar-refractivity contribution in [3.8, 4) is 11.4 Å². The van der Waals surface area contributed by atoms with E-state index in [9.17, 15) is 4.79 Å². The number of carbonyl (C=O) groups is 1. The number of hydrogen-bond donors (Lipinski definition) is 1. The fraction of sp³-hybridized carbons (Fsp3) is 0.250. The fourth-order valence-electron chi connectivity index (χ4n) is 3.34. The van der Waals surface area contributed by atoms with Crippen molar-refractivity contribution in [1.82, 2.24) is 14.9 Å². The van der Waals surface area contributed by atoms with Crippen molar-refractivity contribution in [2.45, 2.75) is 30.2 Å². The first kappa shape index (κ1) is 18.8. The van der Waals surface area contributed by atoms with E-state index < -0.39 is 0 Å². The number of halogens is 1. The zero-order chi connectivity index (χ0) is 19.7. The van der Waals surface area contributed by atoms with Crippen LogP contribution in [-0.2, 0) is 11.2 Å². The summed E-state index contributed by atoms with van der Waals surface area (Å²) in [7, 11) is 0. The van der Waals surface area contributed by atoms with Crippen LogP contribution in [0.4, 0.5) is 5.69 Å². The van der Waals surface area contributed by atoms with E-state index in [-0.39, 0.29) is 11.2 Å². The first-order chi connectivity index (χ1) is 13.5. The second-order valence-electron chi connectivity index (χ2n) is 6.67. The van der Waals surface area contributed by atoms with Gasteiger partial charge in [0.05, 0.1) is 5.25 Å². The molecule has 0 fully saturated rings. The molecule has 1 aliphatic rings. The smallest absolute Gasteiger partial charge is 0.240 e. The highest BCUT2D eigenvalue weighted by Gasteiger charge is 2.28. The monoisotopic (exact) mass is 413 g/mol. The number of amides is 1. The number of thioether (sulfide) groups is 1. The van der Waals surface area contributed by atoms with Crippen molar-refractivity contribution < 1.29 is 4.79 Å². The van der Waals surface area contributed by atoms with E-state index in [0.29, 0.717) is 16.0 Å². The topological polar surface area (TPSA) is 77.0 Å². The molecule has 3 aromatic rings. The van der Waals surface area contributed by atoms with Gasteiger partial charge < -0.3 is 10.7 Å². The summed E-state index contributed by atoms with van der Waals surface area (Å²) >= 11 is 7.25. The molecule has 28 heavy (non-hydrogen) atoms. The minimum atomic E-state index is -0.337. The number of aryl methyl sites for hydroxylation is 1. The van der Waals surface area contributed by atoms with Crippen molar-refractivity contribution in [1.29, 1.82) is 0 Å². The van der Waals surface area contributed by atoms with Crippen LogP contribution in [0.25, 0.3) is 11.4 Å². The van der Waals surface area contributed by atoms with Gasteiger partial charge in [0.1, 0.15) is 0 Å². The highest BCUT2D eigenvalue weighted by molar-refractivity contribution is 8.00. The van der Waals surface area contributed by atoms with Gasteiger partial charge >= 0.3 is 0 Å².